The van der Waals surface area contributed by atoms with Crippen molar-refractivity contribution in [1.29, 1.82) is 0 Å². The van der Waals surface area contributed by atoms with Gasteiger partial charge in [0.05, 0.1) is 5.70 Å². The van der Waals surface area contributed by atoms with Crippen LogP contribution in [-0.4, -0.2) is 5.84 Å². The SMILES string of the molecule is C=C(N=C(NC(=C)c1ccc(C=C2c3ccccc3CCc3ccccc32)cc1)c1ccccc1)c1ccccc1. The topological polar surface area (TPSA) is 24.4 Å². The summed E-state index contributed by atoms with van der Waals surface area (Å²) >= 11 is 0. The van der Waals surface area contributed by atoms with Crippen molar-refractivity contribution in [1.82, 2.24) is 5.32 Å². The summed E-state index contributed by atoms with van der Waals surface area (Å²) in [5.74, 6) is 0.710. The molecule has 0 aromatic heterocycles. The third-order valence-corrected chi connectivity index (χ3v) is 7.52. The van der Waals surface area contributed by atoms with Crippen molar-refractivity contribution in [2.24, 2.45) is 4.99 Å². The molecule has 0 fully saturated rings. The number of benzene rings is 5. The van der Waals surface area contributed by atoms with Crippen LogP contribution in [0.5, 0.6) is 0 Å². The van der Waals surface area contributed by atoms with E-state index in [-0.39, 0.29) is 0 Å². The molecule has 6 rings (SSSR count). The van der Waals surface area contributed by atoms with Crippen molar-refractivity contribution in [3.8, 4) is 0 Å². The summed E-state index contributed by atoms with van der Waals surface area (Å²) in [6.45, 7) is 8.56. The quantitative estimate of drug-likeness (QED) is 0.173. The monoisotopic (exact) mass is 528 g/mol. The van der Waals surface area contributed by atoms with Crippen molar-refractivity contribution in [3.63, 3.8) is 0 Å². The summed E-state index contributed by atoms with van der Waals surface area (Å²) < 4.78 is 0. The Balaban J connectivity index is 1.29. The van der Waals surface area contributed by atoms with Crippen LogP contribution in [0, 0.1) is 0 Å². The number of nitrogens with one attached hydrogen (secondary N) is 1. The van der Waals surface area contributed by atoms with Crippen LogP contribution >= 0.6 is 0 Å². The van der Waals surface area contributed by atoms with Crippen molar-refractivity contribution < 1.29 is 0 Å². The minimum atomic E-state index is 0.690. The van der Waals surface area contributed by atoms with Crippen LogP contribution in [0.3, 0.4) is 0 Å². The van der Waals surface area contributed by atoms with E-state index < -0.39 is 0 Å². The maximum absolute atomic E-state index is 4.87. The van der Waals surface area contributed by atoms with Crippen LogP contribution in [0.15, 0.2) is 152 Å². The highest BCUT2D eigenvalue weighted by atomic mass is 15.0. The summed E-state index contributed by atoms with van der Waals surface area (Å²) in [6, 6.07) is 46.2. The highest BCUT2D eigenvalue weighted by Gasteiger charge is 2.17. The lowest BCUT2D eigenvalue weighted by Crippen LogP contribution is -2.22. The fourth-order valence-electron chi connectivity index (χ4n) is 5.33. The standard InChI is InChI=1S/C39H32N2/c1-28(31-13-5-3-6-14-31)40-39(35-17-7-4-8-18-35)41-29(2)32-23-21-30(22-24-32)27-38-36-19-11-9-15-33(36)25-26-34-16-10-12-20-37(34)38/h3-24,27H,1-2,25-26H2,(H,40,41). The van der Waals surface area contributed by atoms with Gasteiger partial charge in [0.25, 0.3) is 0 Å². The van der Waals surface area contributed by atoms with E-state index in [9.17, 15) is 0 Å². The molecule has 0 atom stereocenters. The minimum Gasteiger partial charge on any atom is -0.340 e. The Morgan fingerprint density at radius 1 is 0.561 bits per heavy atom. The van der Waals surface area contributed by atoms with Gasteiger partial charge in [-0.2, -0.15) is 0 Å². The van der Waals surface area contributed by atoms with Crippen LogP contribution < -0.4 is 5.32 Å². The second kappa shape index (κ2) is 11.9. The minimum absolute atomic E-state index is 0.690. The first-order valence-electron chi connectivity index (χ1n) is 14.0. The van der Waals surface area contributed by atoms with Gasteiger partial charge in [-0.05, 0) is 63.4 Å². The molecule has 0 radical (unpaired) electrons. The first kappa shape index (κ1) is 26.0. The summed E-state index contributed by atoms with van der Waals surface area (Å²) in [7, 11) is 0. The molecule has 0 unspecified atom stereocenters. The molecule has 0 bridgehead atoms. The van der Waals surface area contributed by atoms with Crippen LogP contribution in [0.1, 0.15) is 44.5 Å². The predicted molar refractivity (Wildman–Crippen MR) is 174 cm³/mol. The van der Waals surface area contributed by atoms with Gasteiger partial charge in [0.2, 0.25) is 0 Å². The van der Waals surface area contributed by atoms with Gasteiger partial charge < -0.3 is 5.32 Å². The molecule has 1 N–H and O–H groups in total. The number of fused-ring (bicyclic) bond motifs is 2. The molecule has 0 saturated carbocycles. The maximum atomic E-state index is 4.87. The lowest BCUT2D eigenvalue weighted by molar-refractivity contribution is 0.965. The molecule has 5 aromatic rings. The zero-order valence-corrected chi connectivity index (χ0v) is 23.1. The Hall–Kier alpha value is -5.21. The Morgan fingerprint density at radius 2 is 1.07 bits per heavy atom. The predicted octanol–water partition coefficient (Wildman–Crippen LogP) is 9.05. The van der Waals surface area contributed by atoms with E-state index in [4.69, 9.17) is 4.99 Å². The Labute approximate surface area is 242 Å². The zero-order chi connectivity index (χ0) is 28.0. The molecular weight excluding hydrogens is 496 g/mol. The average molecular weight is 529 g/mol. The fourth-order valence-corrected chi connectivity index (χ4v) is 5.33. The molecule has 0 amide bonds. The van der Waals surface area contributed by atoms with Crippen LogP contribution in [-0.2, 0) is 12.8 Å². The van der Waals surface area contributed by atoms with E-state index in [1.807, 2.05) is 60.7 Å². The average Bonchev–Trinajstić information content (AvgIpc) is 3.19. The summed E-state index contributed by atoms with van der Waals surface area (Å²) in [5, 5.41) is 3.46. The highest BCUT2D eigenvalue weighted by molar-refractivity contribution is 6.05. The highest BCUT2D eigenvalue weighted by Crippen LogP contribution is 2.35. The Bertz CT molecular complexity index is 1710. The first-order valence-corrected chi connectivity index (χ1v) is 14.0. The first-order chi connectivity index (χ1) is 20.2. The number of hydrogen-bond donors (Lipinski definition) is 1. The van der Waals surface area contributed by atoms with Gasteiger partial charge in [0.1, 0.15) is 5.84 Å². The van der Waals surface area contributed by atoms with E-state index in [0.29, 0.717) is 11.5 Å². The third kappa shape index (κ3) is 5.88. The van der Waals surface area contributed by atoms with Gasteiger partial charge in [0, 0.05) is 11.3 Å². The lowest BCUT2D eigenvalue weighted by Gasteiger charge is -2.15. The summed E-state index contributed by atoms with van der Waals surface area (Å²) in [4.78, 5) is 4.87. The second-order valence-electron chi connectivity index (χ2n) is 10.2. The Morgan fingerprint density at radius 3 is 1.66 bits per heavy atom. The molecular formula is C39H32N2. The molecule has 1 aliphatic rings. The number of hydrogen-bond acceptors (Lipinski definition) is 1. The Kier molecular flexibility index (Phi) is 7.55. The largest absolute Gasteiger partial charge is 0.340 e. The van der Waals surface area contributed by atoms with Gasteiger partial charge in [-0.15, -0.1) is 0 Å². The van der Waals surface area contributed by atoms with Crippen molar-refractivity contribution >= 4 is 28.9 Å². The van der Waals surface area contributed by atoms with Crippen LogP contribution in [0.4, 0.5) is 0 Å². The van der Waals surface area contributed by atoms with E-state index >= 15 is 0 Å². The van der Waals surface area contributed by atoms with Gasteiger partial charge in [-0.1, -0.05) is 147 Å². The molecule has 5 aromatic carbocycles. The van der Waals surface area contributed by atoms with Gasteiger partial charge >= 0.3 is 0 Å². The smallest absolute Gasteiger partial charge is 0.138 e. The van der Waals surface area contributed by atoms with Crippen molar-refractivity contribution in [2.45, 2.75) is 12.8 Å². The number of rotatable bonds is 6. The zero-order valence-electron chi connectivity index (χ0n) is 23.1. The number of aliphatic imine (C=N–C) groups is 1. The second-order valence-corrected chi connectivity index (χ2v) is 10.2. The molecule has 0 saturated heterocycles. The third-order valence-electron chi connectivity index (χ3n) is 7.52. The van der Waals surface area contributed by atoms with Crippen LogP contribution in [0.25, 0.3) is 23.0 Å². The number of aryl methyl sites for hydroxylation is 2. The van der Waals surface area contributed by atoms with Crippen molar-refractivity contribution in [2.75, 3.05) is 0 Å². The molecule has 0 heterocycles. The van der Waals surface area contributed by atoms with Gasteiger partial charge in [-0.3, -0.25) is 0 Å². The lowest BCUT2D eigenvalue weighted by atomic mass is 9.92. The van der Waals surface area contributed by atoms with Crippen LogP contribution in [0.2, 0.25) is 0 Å². The molecule has 0 aliphatic heterocycles. The number of amidine groups is 1. The molecule has 1 aliphatic carbocycles. The van der Waals surface area contributed by atoms with E-state index in [1.54, 1.807) is 0 Å². The summed E-state index contributed by atoms with van der Waals surface area (Å²) in [6.07, 6.45) is 4.41. The molecule has 41 heavy (non-hydrogen) atoms. The van der Waals surface area contributed by atoms with E-state index in [0.717, 1.165) is 40.8 Å². The summed E-state index contributed by atoms with van der Waals surface area (Å²) in [5.41, 5.74) is 12.3. The van der Waals surface area contributed by atoms with Crippen molar-refractivity contribution in [3.05, 3.63) is 191 Å². The molecule has 198 valence electrons. The number of nitrogens with zero attached hydrogens (tertiary/aromatic N) is 1. The van der Waals surface area contributed by atoms with E-state index in [2.05, 4.69) is 97.3 Å². The van der Waals surface area contributed by atoms with E-state index in [1.165, 1.54) is 27.8 Å². The molecule has 2 heteroatoms. The molecule has 2 nitrogen and oxygen atoms in total. The van der Waals surface area contributed by atoms with Gasteiger partial charge in [-0.25, -0.2) is 4.99 Å². The van der Waals surface area contributed by atoms with Gasteiger partial charge in [0.15, 0.2) is 0 Å². The normalized spacial score (nSPS) is 12.5. The fraction of sp³-hybridized carbons (Fsp3) is 0.0513. The molecule has 0 spiro atoms. The maximum Gasteiger partial charge on any atom is 0.138 e.